The number of esters is 2. The molecule has 3 aliphatic heterocycles. The van der Waals surface area contributed by atoms with Gasteiger partial charge in [0.2, 0.25) is 5.91 Å². The van der Waals surface area contributed by atoms with Gasteiger partial charge in [0.25, 0.3) is 0 Å². The monoisotopic (exact) mass is 769 g/mol. The number of ether oxygens (including phenoxy) is 5. The van der Waals surface area contributed by atoms with Crippen LogP contribution < -0.4 is 5.43 Å². The number of nitrogens with zero attached hydrogens (tertiary/aromatic N) is 2. The zero-order chi connectivity index (χ0) is 39.2. The number of aliphatic hydroxyl groups excluding tert-OH is 1. The van der Waals surface area contributed by atoms with Crippen molar-refractivity contribution in [1.82, 2.24) is 15.4 Å². The van der Waals surface area contributed by atoms with Crippen molar-refractivity contribution < 1.29 is 43.2 Å². The van der Waals surface area contributed by atoms with Gasteiger partial charge in [-0.05, 0) is 46.6 Å². The quantitative estimate of drug-likeness (QED) is 0.148. The Kier molecular flexibility index (Phi) is 12.8. The van der Waals surface area contributed by atoms with Crippen LogP contribution in [0.2, 0.25) is 0 Å². The standard InChI is InChI=1S/C44H55N3O9/c1-44(2,3)37(21-40(50)55-34-15-17-52-26-34)42(51)46-47(23-29-11-13-30(14-12-29)31-10-7-16-45-22-31)24-38(48)32(18-28-8-5-4-6-9-28)20-39(49)56-41-33-19-35-36(41)27-54-43(35)53-25-33/h4-14,16,22,32-38,41,43,48H,15,17-21,23-27H2,1-3H3,(H,46,51)/t32-,33?,34?,35?,36?,37-,38+,41?,43?/m1/s1. The summed E-state index contributed by atoms with van der Waals surface area (Å²) >= 11 is 0. The molecule has 0 radical (unpaired) electrons. The van der Waals surface area contributed by atoms with Gasteiger partial charge in [0.1, 0.15) is 12.2 Å². The minimum atomic E-state index is -1.04. The maximum Gasteiger partial charge on any atom is 0.306 e. The number of hydrogen-bond donors (Lipinski definition) is 2. The first-order valence-corrected chi connectivity index (χ1v) is 20.0. The predicted molar refractivity (Wildman–Crippen MR) is 206 cm³/mol. The largest absolute Gasteiger partial charge is 0.462 e. The maximum absolute atomic E-state index is 14.2. The third-order valence-electron chi connectivity index (χ3n) is 11.8. The highest BCUT2D eigenvalue weighted by atomic mass is 16.7. The summed E-state index contributed by atoms with van der Waals surface area (Å²) in [6.07, 6.45) is 3.55. The fourth-order valence-electron chi connectivity index (χ4n) is 8.64. The molecule has 3 aromatic rings. The Hall–Kier alpha value is -4.20. The molecule has 1 aliphatic carbocycles. The van der Waals surface area contributed by atoms with Crippen LogP contribution in [0.15, 0.2) is 79.1 Å². The summed E-state index contributed by atoms with van der Waals surface area (Å²) in [7, 11) is 0. The highest BCUT2D eigenvalue weighted by molar-refractivity contribution is 5.84. The van der Waals surface area contributed by atoms with Crippen molar-refractivity contribution >= 4 is 17.8 Å². The molecule has 1 amide bonds. The van der Waals surface area contributed by atoms with Crippen molar-refractivity contribution in [2.45, 2.75) is 84.0 Å². The molecule has 2 aromatic carbocycles. The van der Waals surface area contributed by atoms with Gasteiger partial charge in [-0.15, -0.1) is 0 Å². The van der Waals surface area contributed by atoms with Crippen LogP contribution in [0.5, 0.6) is 0 Å². The molecule has 6 unspecified atom stereocenters. The van der Waals surface area contributed by atoms with E-state index >= 15 is 0 Å². The van der Waals surface area contributed by atoms with Gasteiger partial charge < -0.3 is 28.8 Å². The lowest BCUT2D eigenvalue weighted by atomic mass is 9.78. The molecule has 4 aliphatic rings. The second-order valence-corrected chi connectivity index (χ2v) is 16.9. The van der Waals surface area contributed by atoms with Crippen molar-refractivity contribution in [3.63, 3.8) is 0 Å². The number of benzene rings is 2. The van der Waals surface area contributed by atoms with E-state index < -0.39 is 29.3 Å². The lowest BCUT2D eigenvalue weighted by Gasteiger charge is -2.34. The lowest BCUT2D eigenvalue weighted by molar-refractivity contribution is -0.178. The van der Waals surface area contributed by atoms with Gasteiger partial charge in [0.05, 0.1) is 51.3 Å². The first kappa shape index (κ1) is 40.0. The third-order valence-corrected chi connectivity index (χ3v) is 11.8. The van der Waals surface area contributed by atoms with Gasteiger partial charge >= 0.3 is 11.9 Å². The summed E-state index contributed by atoms with van der Waals surface area (Å²) < 4.78 is 28.9. The summed E-state index contributed by atoms with van der Waals surface area (Å²) in [5.41, 5.74) is 6.33. The molecular formula is C44H55N3O9. The van der Waals surface area contributed by atoms with Gasteiger partial charge in [0.15, 0.2) is 6.29 Å². The van der Waals surface area contributed by atoms with Crippen molar-refractivity contribution in [3.05, 3.63) is 90.3 Å². The van der Waals surface area contributed by atoms with Gasteiger partial charge in [0, 0.05) is 55.6 Å². The minimum Gasteiger partial charge on any atom is -0.462 e. The van der Waals surface area contributed by atoms with Gasteiger partial charge in [-0.3, -0.25) is 24.8 Å². The van der Waals surface area contributed by atoms with Crippen LogP contribution in [0.3, 0.4) is 0 Å². The fraction of sp³-hybridized carbons (Fsp3) is 0.545. The van der Waals surface area contributed by atoms with Crippen LogP contribution in [0.1, 0.15) is 57.6 Å². The molecule has 4 fully saturated rings. The van der Waals surface area contributed by atoms with Crippen molar-refractivity contribution in [3.8, 4) is 11.1 Å². The fourth-order valence-corrected chi connectivity index (χ4v) is 8.64. The summed E-state index contributed by atoms with van der Waals surface area (Å²) in [4.78, 5) is 45.3. The molecule has 1 aromatic heterocycles. The zero-order valence-electron chi connectivity index (χ0n) is 32.6. The Labute approximate surface area is 329 Å². The number of carbonyl (C=O) groups excluding carboxylic acids is 3. The van der Waals surface area contributed by atoms with E-state index in [1.807, 2.05) is 87.5 Å². The number of pyridine rings is 1. The number of aromatic nitrogens is 1. The van der Waals surface area contributed by atoms with E-state index in [1.165, 1.54) is 0 Å². The molecule has 12 nitrogen and oxygen atoms in total. The molecule has 56 heavy (non-hydrogen) atoms. The molecule has 12 heteroatoms. The van der Waals surface area contributed by atoms with E-state index in [4.69, 9.17) is 23.7 Å². The first-order chi connectivity index (χ1) is 27.0. The average molecular weight is 770 g/mol. The van der Waals surface area contributed by atoms with Crippen LogP contribution in [0, 0.1) is 35.0 Å². The smallest absolute Gasteiger partial charge is 0.306 e. The van der Waals surface area contributed by atoms with E-state index in [0.717, 1.165) is 28.7 Å². The maximum atomic E-state index is 14.2. The van der Waals surface area contributed by atoms with E-state index in [2.05, 4.69) is 10.4 Å². The van der Waals surface area contributed by atoms with E-state index in [9.17, 15) is 19.5 Å². The number of fused-ring (bicyclic) bond motifs is 1. The third kappa shape index (κ3) is 10.0. The van der Waals surface area contributed by atoms with Crippen molar-refractivity contribution in [2.75, 3.05) is 33.0 Å². The zero-order valence-corrected chi connectivity index (χ0v) is 32.6. The van der Waals surface area contributed by atoms with Gasteiger partial charge in [-0.25, -0.2) is 5.01 Å². The molecule has 9 atom stereocenters. The SMILES string of the molecule is CC(C)(C)[C@H](CC(=O)OC1CCOC1)C(=O)NN(Cc1ccc(-c2cccnc2)cc1)C[C@H](O)[C@@H](CC(=O)OC1C2COC3OCC1C3C2)Cc1ccccc1. The van der Waals surface area contributed by atoms with Crippen LogP contribution in [0.4, 0.5) is 0 Å². The molecule has 4 heterocycles. The molecule has 2 N–H and O–H groups in total. The molecular weight excluding hydrogens is 714 g/mol. The van der Waals surface area contributed by atoms with E-state index in [0.29, 0.717) is 39.3 Å². The molecule has 300 valence electrons. The summed E-state index contributed by atoms with van der Waals surface area (Å²) in [6.45, 7) is 7.94. The van der Waals surface area contributed by atoms with Crippen LogP contribution >= 0.6 is 0 Å². The molecule has 1 saturated carbocycles. The number of hydrogen-bond acceptors (Lipinski definition) is 11. The Bertz CT molecular complexity index is 1760. The van der Waals surface area contributed by atoms with Crippen LogP contribution in [-0.2, 0) is 51.0 Å². The van der Waals surface area contributed by atoms with Gasteiger partial charge in [-0.2, -0.15) is 0 Å². The Morgan fingerprint density at radius 1 is 0.893 bits per heavy atom. The lowest BCUT2D eigenvalue weighted by Crippen LogP contribution is -2.51. The second-order valence-electron chi connectivity index (χ2n) is 16.9. The number of rotatable bonds is 16. The highest BCUT2D eigenvalue weighted by Crippen LogP contribution is 2.49. The first-order valence-electron chi connectivity index (χ1n) is 20.0. The molecule has 0 spiro atoms. The Morgan fingerprint density at radius 3 is 2.38 bits per heavy atom. The van der Waals surface area contributed by atoms with Crippen molar-refractivity contribution in [2.24, 2.45) is 35.0 Å². The average Bonchev–Trinajstić information content (AvgIpc) is 3.91. The van der Waals surface area contributed by atoms with Crippen LogP contribution in [0.25, 0.3) is 11.1 Å². The second kappa shape index (κ2) is 17.9. The molecule has 7 rings (SSSR count). The Morgan fingerprint density at radius 2 is 1.66 bits per heavy atom. The number of nitrogens with one attached hydrogen (secondary N) is 1. The number of carbonyl (C=O) groups is 3. The highest BCUT2D eigenvalue weighted by Gasteiger charge is 2.56. The van der Waals surface area contributed by atoms with Crippen molar-refractivity contribution in [1.29, 1.82) is 0 Å². The Balaban J connectivity index is 1.09. The topological polar surface area (TPSA) is 146 Å². The van der Waals surface area contributed by atoms with E-state index in [1.54, 1.807) is 17.4 Å². The normalized spacial score (nSPS) is 25.7. The molecule has 2 bridgehead atoms. The number of amides is 1. The number of aliphatic hydroxyl groups is 1. The predicted octanol–water partition coefficient (Wildman–Crippen LogP) is 5.13. The van der Waals surface area contributed by atoms with Crippen LogP contribution in [-0.4, -0.2) is 90.5 Å². The van der Waals surface area contributed by atoms with Gasteiger partial charge in [-0.1, -0.05) is 81.4 Å². The summed E-state index contributed by atoms with van der Waals surface area (Å²) in [5.74, 6) is -1.94. The number of hydrazine groups is 1. The molecule has 3 saturated heterocycles. The summed E-state index contributed by atoms with van der Waals surface area (Å²) in [6, 6.07) is 21.6. The summed E-state index contributed by atoms with van der Waals surface area (Å²) in [5, 5.41) is 13.8. The minimum absolute atomic E-state index is 0.00918. The van der Waals surface area contributed by atoms with E-state index in [-0.39, 0.29) is 74.1 Å².